The van der Waals surface area contributed by atoms with E-state index >= 15 is 0 Å². The van der Waals surface area contributed by atoms with E-state index in [9.17, 15) is 19.7 Å². The first-order valence-electron chi connectivity index (χ1n) is 11.1. The van der Waals surface area contributed by atoms with Gasteiger partial charge in [-0.05, 0) is 28.3 Å². The fourth-order valence-electron chi connectivity index (χ4n) is 4.28. The molecule has 35 heavy (non-hydrogen) atoms. The van der Waals surface area contributed by atoms with Gasteiger partial charge in [0, 0.05) is 12.5 Å². The standard InChI is InChI=1S/C25H27N5O4Si/c1-25(2,35(34,18-10-5-3-6-11-18)19-12-7-4-8-13-19)15-9-14-23(31)29-22-16-20(27)24(30(32)33)21(17-26)28-22/h3-8,10-13,16,34H,9,14-15H2,1-2H3,(H3,27,28,29,31). The molecule has 0 saturated heterocycles. The smallest absolute Gasteiger partial charge is 0.328 e. The molecule has 0 aliphatic rings. The van der Waals surface area contributed by atoms with Crippen LogP contribution in [0, 0.1) is 21.4 Å². The second-order valence-corrected chi connectivity index (χ2v) is 12.8. The summed E-state index contributed by atoms with van der Waals surface area (Å²) >= 11 is 0. The normalized spacial score (nSPS) is 11.5. The van der Waals surface area contributed by atoms with Gasteiger partial charge in [-0.3, -0.25) is 14.9 Å². The van der Waals surface area contributed by atoms with Crippen LogP contribution < -0.4 is 21.4 Å². The van der Waals surface area contributed by atoms with Crippen molar-refractivity contribution in [1.82, 2.24) is 4.98 Å². The number of nitro groups is 1. The van der Waals surface area contributed by atoms with Gasteiger partial charge in [0.2, 0.25) is 11.6 Å². The molecular formula is C25H27N5O4Si. The number of aromatic nitrogens is 1. The molecule has 0 spiro atoms. The van der Waals surface area contributed by atoms with Crippen LogP contribution in [0.3, 0.4) is 0 Å². The van der Waals surface area contributed by atoms with Crippen LogP contribution in [0.25, 0.3) is 0 Å². The summed E-state index contributed by atoms with van der Waals surface area (Å²) in [6.45, 7) is 4.05. The lowest BCUT2D eigenvalue weighted by molar-refractivity contribution is -0.384. The van der Waals surface area contributed by atoms with Crippen LogP contribution in [0.1, 0.15) is 38.8 Å². The molecule has 1 heterocycles. The zero-order chi connectivity index (χ0) is 25.6. The first kappa shape index (κ1) is 25.5. The molecule has 0 unspecified atom stereocenters. The average molecular weight is 490 g/mol. The van der Waals surface area contributed by atoms with Crippen molar-refractivity contribution in [2.45, 2.75) is 38.1 Å². The predicted octanol–water partition coefficient (Wildman–Crippen LogP) is 3.08. The zero-order valence-electron chi connectivity index (χ0n) is 19.6. The number of nitrogens with zero attached hydrogens (tertiary/aromatic N) is 3. The lowest BCUT2D eigenvalue weighted by Crippen LogP contribution is -2.65. The third kappa shape index (κ3) is 5.37. The minimum absolute atomic E-state index is 0.0200. The summed E-state index contributed by atoms with van der Waals surface area (Å²) < 4.78 is 0. The summed E-state index contributed by atoms with van der Waals surface area (Å²) in [4.78, 5) is 38.9. The average Bonchev–Trinajstić information content (AvgIpc) is 2.83. The number of rotatable bonds is 9. The Balaban J connectivity index is 1.74. The number of pyridine rings is 1. The number of nitrogens with two attached hydrogens (primary N) is 1. The Morgan fingerprint density at radius 1 is 1.17 bits per heavy atom. The van der Waals surface area contributed by atoms with Crippen molar-refractivity contribution in [3.05, 3.63) is 82.5 Å². The number of nitriles is 1. The molecule has 9 nitrogen and oxygen atoms in total. The van der Waals surface area contributed by atoms with Crippen molar-refractivity contribution in [2.24, 2.45) is 0 Å². The van der Waals surface area contributed by atoms with Crippen molar-refractivity contribution in [3.63, 3.8) is 0 Å². The van der Waals surface area contributed by atoms with Crippen LogP contribution >= 0.6 is 0 Å². The highest BCUT2D eigenvalue weighted by Crippen LogP contribution is 2.40. The van der Waals surface area contributed by atoms with E-state index in [4.69, 9.17) is 11.0 Å². The van der Waals surface area contributed by atoms with Gasteiger partial charge in [0.05, 0.1) is 4.92 Å². The minimum Gasteiger partial charge on any atom is -0.424 e. The van der Waals surface area contributed by atoms with Gasteiger partial charge < -0.3 is 15.8 Å². The van der Waals surface area contributed by atoms with E-state index in [-0.39, 0.29) is 23.8 Å². The van der Waals surface area contributed by atoms with Crippen molar-refractivity contribution in [1.29, 1.82) is 5.26 Å². The maximum Gasteiger partial charge on any atom is 0.328 e. The van der Waals surface area contributed by atoms with Gasteiger partial charge in [-0.2, -0.15) is 5.26 Å². The van der Waals surface area contributed by atoms with E-state index in [1.54, 1.807) is 6.07 Å². The molecule has 2 aromatic carbocycles. The van der Waals surface area contributed by atoms with E-state index < -0.39 is 29.7 Å². The summed E-state index contributed by atoms with van der Waals surface area (Å²) in [7, 11) is -3.17. The number of hydrogen-bond acceptors (Lipinski definition) is 7. The van der Waals surface area contributed by atoms with Gasteiger partial charge in [-0.1, -0.05) is 74.5 Å². The highest BCUT2D eigenvalue weighted by Gasteiger charge is 2.49. The number of carbonyl (C=O) groups is 1. The van der Waals surface area contributed by atoms with E-state index in [2.05, 4.69) is 10.3 Å². The molecule has 0 aliphatic carbocycles. The Hall–Kier alpha value is -4.07. The van der Waals surface area contributed by atoms with Crippen molar-refractivity contribution in [3.8, 4) is 6.07 Å². The number of nitrogens with one attached hydrogen (secondary N) is 1. The molecule has 1 aromatic heterocycles. The molecule has 0 bridgehead atoms. The number of hydrogen-bond donors (Lipinski definition) is 3. The molecule has 0 saturated carbocycles. The molecule has 3 aromatic rings. The summed E-state index contributed by atoms with van der Waals surface area (Å²) in [6.07, 6.45) is 1.20. The Kier molecular flexibility index (Phi) is 7.64. The number of amides is 1. The fraction of sp³-hybridized carbons (Fsp3) is 0.240. The van der Waals surface area contributed by atoms with Crippen LogP contribution in [0.2, 0.25) is 5.04 Å². The SMILES string of the molecule is CC(C)(CCCC(=O)Nc1cc(N)c([N+](=O)[O-])c(C#N)n1)[Si](O)(c1ccccc1)c1ccccc1. The van der Waals surface area contributed by atoms with Crippen molar-refractivity contribution < 1.29 is 14.5 Å². The summed E-state index contributed by atoms with van der Waals surface area (Å²) in [5, 5.41) is 24.1. The van der Waals surface area contributed by atoms with E-state index in [0.29, 0.717) is 12.8 Å². The van der Waals surface area contributed by atoms with Crippen molar-refractivity contribution >= 4 is 41.8 Å². The van der Waals surface area contributed by atoms with Crippen LogP contribution in [-0.4, -0.2) is 28.9 Å². The molecular weight excluding hydrogens is 462 g/mol. The van der Waals surface area contributed by atoms with Gasteiger partial charge in [-0.15, -0.1) is 0 Å². The summed E-state index contributed by atoms with van der Waals surface area (Å²) in [6, 6.07) is 22.1. The largest absolute Gasteiger partial charge is 0.424 e. The number of benzene rings is 2. The summed E-state index contributed by atoms with van der Waals surface area (Å²) in [5.41, 5.74) is 4.38. The van der Waals surface area contributed by atoms with E-state index in [1.165, 1.54) is 0 Å². The molecule has 180 valence electrons. The molecule has 0 aliphatic heterocycles. The Labute approximate surface area is 204 Å². The maximum absolute atomic E-state index is 12.6. The van der Waals surface area contributed by atoms with Crippen LogP contribution in [0.5, 0.6) is 0 Å². The molecule has 0 fully saturated rings. The van der Waals surface area contributed by atoms with Gasteiger partial charge in [0.25, 0.3) is 8.32 Å². The molecule has 0 atom stereocenters. The lowest BCUT2D eigenvalue weighted by atomic mass is 10.0. The zero-order valence-corrected chi connectivity index (χ0v) is 20.6. The molecule has 1 amide bonds. The maximum atomic E-state index is 12.6. The van der Waals surface area contributed by atoms with E-state index in [1.807, 2.05) is 74.5 Å². The topological polar surface area (TPSA) is 155 Å². The van der Waals surface area contributed by atoms with Crippen LogP contribution in [-0.2, 0) is 4.79 Å². The van der Waals surface area contributed by atoms with Gasteiger partial charge in [-0.25, -0.2) is 4.98 Å². The first-order valence-corrected chi connectivity index (χ1v) is 13.0. The lowest BCUT2D eigenvalue weighted by Gasteiger charge is -2.41. The molecule has 3 rings (SSSR count). The molecule has 0 radical (unpaired) electrons. The number of nitrogen functional groups attached to an aromatic ring is 1. The summed E-state index contributed by atoms with van der Waals surface area (Å²) in [5.74, 6) is -0.386. The Morgan fingerprint density at radius 2 is 1.71 bits per heavy atom. The first-order chi connectivity index (χ1) is 16.6. The van der Waals surface area contributed by atoms with Gasteiger partial charge >= 0.3 is 5.69 Å². The highest BCUT2D eigenvalue weighted by molar-refractivity contribution is 6.98. The Morgan fingerprint density at radius 3 is 2.20 bits per heavy atom. The monoisotopic (exact) mass is 489 g/mol. The van der Waals surface area contributed by atoms with Crippen molar-refractivity contribution in [2.75, 3.05) is 11.1 Å². The number of anilines is 2. The highest BCUT2D eigenvalue weighted by atomic mass is 28.4. The van der Waals surface area contributed by atoms with Crippen LogP contribution in [0.4, 0.5) is 17.2 Å². The third-order valence-corrected chi connectivity index (χ3v) is 10.7. The second-order valence-electron chi connectivity index (χ2n) is 8.89. The van der Waals surface area contributed by atoms with Gasteiger partial charge in [0.1, 0.15) is 17.6 Å². The quantitative estimate of drug-likeness (QED) is 0.237. The number of carbonyl (C=O) groups excluding carboxylic acids is 1. The molecule has 4 N–H and O–H groups in total. The second kappa shape index (κ2) is 10.5. The third-order valence-electron chi connectivity index (χ3n) is 6.15. The Bertz CT molecular complexity index is 1220. The van der Waals surface area contributed by atoms with Crippen LogP contribution in [0.15, 0.2) is 66.7 Å². The fourth-order valence-corrected chi connectivity index (χ4v) is 8.06. The predicted molar refractivity (Wildman–Crippen MR) is 137 cm³/mol. The van der Waals surface area contributed by atoms with E-state index in [0.717, 1.165) is 16.4 Å². The molecule has 10 heteroatoms. The van der Waals surface area contributed by atoms with Gasteiger partial charge in [0.15, 0.2) is 0 Å². The minimum atomic E-state index is -3.17.